The fraction of sp³-hybridized carbons (Fsp3) is 0.452. The van der Waals surface area contributed by atoms with E-state index in [1.54, 1.807) is 85.7 Å². The van der Waals surface area contributed by atoms with Gasteiger partial charge in [-0.3, -0.25) is 14.4 Å². The highest BCUT2D eigenvalue weighted by molar-refractivity contribution is 5.94. The van der Waals surface area contributed by atoms with Crippen LogP contribution in [0, 0.1) is 0 Å². The lowest BCUT2D eigenvalue weighted by molar-refractivity contribution is -0.150. The Hall–Kier alpha value is -5.27. The monoisotopic (exact) mass is 758 g/mol. The zero-order chi connectivity index (χ0) is 40.5. The van der Waals surface area contributed by atoms with Crippen LogP contribution in [0.15, 0.2) is 78.9 Å². The number of ether oxygens (including phenoxy) is 3. The summed E-state index contributed by atoms with van der Waals surface area (Å²) in [5.74, 6) is -3.71. The van der Waals surface area contributed by atoms with Gasteiger partial charge < -0.3 is 40.6 Å². The molecule has 0 spiro atoms. The number of hydrogen-bond acceptors (Lipinski definition) is 8. The summed E-state index contributed by atoms with van der Waals surface area (Å²) in [4.78, 5) is 66.1. The summed E-state index contributed by atoms with van der Waals surface area (Å²) in [6, 6.07) is 20.8. The lowest BCUT2D eigenvalue weighted by Gasteiger charge is -2.32. The third-order valence-electron chi connectivity index (χ3n) is 8.83. The number of benzene rings is 3. The van der Waals surface area contributed by atoms with Gasteiger partial charge in [0.15, 0.2) is 6.04 Å². The van der Waals surface area contributed by atoms with E-state index in [2.05, 4.69) is 21.3 Å². The molecule has 3 aromatic rings. The van der Waals surface area contributed by atoms with Gasteiger partial charge in [0.05, 0.1) is 23.4 Å². The fourth-order valence-corrected chi connectivity index (χ4v) is 6.63. The fourth-order valence-electron chi connectivity index (χ4n) is 6.63. The maximum atomic E-state index is 14.0. The molecule has 55 heavy (non-hydrogen) atoms. The summed E-state index contributed by atoms with van der Waals surface area (Å²) in [5, 5.41) is 20.3. The topological polar surface area (TPSA) is 181 Å². The average molecular weight is 759 g/mol. The predicted molar refractivity (Wildman–Crippen MR) is 207 cm³/mol. The van der Waals surface area contributed by atoms with Gasteiger partial charge in [-0.1, -0.05) is 78.9 Å². The Morgan fingerprint density at radius 2 is 1.18 bits per heavy atom. The lowest BCUT2D eigenvalue weighted by atomic mass is 9.98. The number of nitrogens with one attached hydrogen (secondary N) is 4. The van der Waals surface area contributed by atoms with Crippen molar-refractivity contribution >= 4 is 29.8 Å². The molecule has 0 heterocycles. The van der Waals surface area contributed by atoms with Crippen LogP contribution in [0.25, 0.3) is 11.1 Å². The van der Waals surface area contributed by atoms with Crippen LogP contribution in [0.1, 0.15) is 78.0 Å². The molecule has 0 bridgehead atoms. The SMILES string of the molecule is C[C@@H](OC(C)(C)C)[C@H](NC(=O)[C@H](Cc1ccccc1)NC(=O)[C@@H](NC(=O)CNC(=O)OCC1c2ccccc2-c2ccccc21)[C@@H](C)OC(C)(C)C)C(=O)O. The van der Waals surface area contributed by atoms with Crippen LogP contribution < -0.4 is 21.3 Å². The number of carboxylic acids is 1. The Balaban J connectivity index is 1.45. The summed E-state index contributed by atoms with van der Waals surface area (Å²) in [7, 11) is 0. The normalized spacial score (nSPS) is 15.3. The van der Waals surface area contributed by atoms with Crippen LogP contribution in [0.5, 0.6) is 0 Å². The van der Waals surface area contributed by atoms with E-state index >= 15 is 0 Å². The van der Waals surface area contributed by atoms with E-state index < -0.39 is 77.9 Å². The molecule has 296 valence electrons. The largest absolute Gasteiger partial charge is 0.480 e. The van der Waals surface area contributed by atoms with Crippen molar-refractivity contribution < 1.29 is 43.3 Å². The Morgan fingerprint density at radius 3 is 1.71 bits per heavy atom. The van der Waals surface area contributed by atoms with Crippen LogP contribution in [0.4, 0.5) is 4.79 Å². The van der Waals surface area contributed by atoms with Crippen molar-refractivity contribution in [3.8, 4) is 11.1 Å². The van der Waals surface area contributed by atoms with Crippen LogP contribution in [-0.2, 0) is 39.8 Å². The van der Waals surface area contributed by atoms with Gasteiger partial charge in [0.1, 0.15) is 25.2 Å². The minimum absolute atomic E-state index is 0.0117. The second-order valence-corrected chi connectivity index (χ2v) is 15.7. The highest BCUT2D eigenvalue weighted by atomic mass is 16.5. The zero-order valence-electron chi connectivity index (χ0n) is 32.8. The maximum Gasteiger partial charge on any atom is 0.407 e. The van der Waals surface area contributed by atoms with Crippen LogP contribution >= 0.6 is 0 Å². The molecule has 13 nitrogen and oxygen atoms in total. The minimum atomic E-state index is -1.43. The Kier molecular flexibility index (Phi) is 14.2. The summed E-state index contributed by atoms with van der Waals surface area (Å²) < 4.78 is 17.4. The van der Waals surface area contributed by atoms with Crippen LogP contribution in [0.2, 0.25) is 0 Å². The molecule has 3 aromatic carbocycles. The molecule has 0 unspecified atom stereocenters. The van der Waals surface area contributed by atoms with E-state index in [1.807, 2.05) is 48.5 Å². The predicted octanol–water partition coefficient (Wildman–Crippen LogP) is 4.71. The van der Waals surface area contributed by atoms with Gasteiger partial charge in [0, 0.05) is 12.3 Å². The number of carbonyl (C=O) groups is 5. The third kappa shape index (κ3) is 12.4. The van der Waals surface area contributed by atoms with Crippen molar-refractivity contribution in [1.29, 1.82) is 0 Å². The van der Waals surface area contributed by atoms with Gasteiger partial charge in [-0.15, -0.1) is 0 Å². The first-order valence-electron chi connectivity index (χ1n) is 18.4. The van der Waals surface area contributed by atoms with E-state index in [4.69, 9.17) is 14.2 Å². The van der Waals surface area contributed by atoms with Crippen molar-refractivity contribution in [2.75, 3.05) is 13.2 Å². The average Bonchev–Trinajstić information content (AvgIpc) is 3.42. The van der Waals surface area contributed by atoms with E-state index in [0.29, 0.717) is 5.56 Å². The number of fused-ring (bicyclic) bond motifs is 3. The second-order valence-electron chi connectivity index (χ2n) is 15.7. The summed E-state index contributed by atoms with van der Waals surface area (Å²) in [6.07, 6.45) is -2.61. The smallest absolute Gasteiger partial charge is 0.407 e. The highest BCUT2D eigenvalue weighted by Gasteiger charge is 2.36. The highest BCUT2D eigenvalue weighted by Crippen LogP contribution is 2.44. The van der Waals surface area contributed by atoms with Crippen molar-refractivity contribution in [1.82, 2.24) is 21.3 Å². The van der Waals surface area contributed by atoms with Gasteiger partial charge in [-0.2, -0.15) is 0 Å². The third-order valence-corrected chi connectivity index (χ3v) is 8.83. The van der Waals surface area contributed by atoms with Crippen molar-refractivity contribution in [3.05, 3.63) is 95.6 Å². The molecular formula is C42H54N4O9. The summed E-state index contributed by atoms with van der Waals surface area (Å²) in [6.45, 7) is 13.4. The van der Waals surface area contributed by atoms with Crippen molar-refractivity contribution in [3.63, 3.8) is 0 Å². The Labute approximate surface area is 322 Å². The molecule has 5 atom stereocenters. The van der Waals surface area contributed by atoms with Gasteiger partial charge in [0.2, 0.25) is 17.7 Å². The van der Waals surface area contributed by atoms with Crippen LogP contribution in [0.3, 0.4) is 0 Å². The van der Waals surface area contributed by atoms with E-state index in [0.717, 1.165) is 22.3 Å². The van der Waals surface area contributed by atoms with Crippen LogP contribution in [-0.4, -0.2) is 89.6 Å². The molecule has 0 aromatic heterocycles. The molecule has 0 fully saturated rings. The van der Waals surface area contributed by atoms with Crippen molar-refractivity contribution in [2.24, 2.45) is 0 Å². The summed E-state index contributed by atoms with van der Waals surface area (Å²) >= 11 is 0. The number of amides is 4. The molecule has 0 radical (unpaired) electrons. The standard InChI is InChI=1S/C42H54N4O9/c1-25(54-41(3,4)5)35(45-34(47)23-43-40(52)53-24-32-30-20-14-12-18-28(30)29-19-13-15-21-31(29)32)38(49)44-33(22-27-16-10-9-11-17-27)37(48)46-36(39(50)51)26(2)55-42(6,7)8/h9-21,25-26,32-33,35-36H,22-24H2,1-8H3,(H,43,52)(H,44,49)(H,45,47)(H,46,48)(H,50,51)/t25-,26-,33+,35+,36+/m1/s1. The second kappa shape index (κ2) is 18.4. The number of rotatable bonds is 16. The van der Waals surface area contributed by atoms with E-state index in [9.17, 15) is 29.1 Å². The molecule has 4 amide bonds. The molecular weight excluding hydrogens is 704 g/mol. The lowest BCUT2D eigenvalue weighted by Crippen LogP contribution is -2.61. The Morgan fingerprint density at radius 1 is 0.673 bits per heavy atom. The zero-order valence-corrected chi connectivity index (χ0v) is 32.8. The molecule has 1 aliphatic carbocycles. The van der Waals surface area contributed by atoms with Gasteiger partial charge in [-0.05, 0) is 83.2 Å². The molecule has 0 aliphatic heterocycles. The minimum Gasteiger partial charge on any atom is -0.480 e. The van der Waals surface area contributed by atoms with Gasteiger partial charge in [-0.25, -0.2) is 9.59 Å². The molecule has 0 saturated carbocycles. The van der Waals surface area contributed by atoms with E-state index in [-0.39, 0.29) is 18.9 Å². The number of hydrogen-bond donors (Lipinski definition) is 5. The van der Waals surface area contributed by atoms with Gasteiger partial charge >= 0.3 is 12.1 Å². The number of aliphatic carboxylic acids is 1. The molecule has 1 aliphatic rings. The molecule has 4 rings (SSSR count). The van der Waals surface area contributed by atoms with E-state index in [1.165, 1.54) is 0 Å². The molecule has 13 heteroatoms. The number of alkyl carbamates (subject to hydrolysis) is 1. The first-order valence-corrected chi connectivity index (χ1v) is 18.4. The first kappa shape index (κ1) is 42.5. The number of carboxylic acid groups (broad SMARTS) is 1. The molecule has 0 saturated heterocycles. The number of carbonyl (C=O) groups excluding carboxylic acids is 4. The van der Waals surface area contributed by atoms with Gasteiger partial charge in [0.25, 0.3) is 0 Å². The first-order chi connectivity index (χ1) is 25.8. The van der Waals surface area contributed by atoms with Crippen molar-refractivity contribution in [2.45, 2.75) is 109 Å². The Bertz CT molecular complexity index is 1770. The molecule has 5 N–H and O–H groups in total. The quantitative estimate of drug-likeness (QED) is 0.138. The maximum absolute atomic E-state index is 14.0. The summed E-state index contributed by atoms with van der Waals surface area (Å²) in [5.41, 5.74) is 3.53.